The number of nitrogens with zero attached hydrogens (tertiary/aromatic N) is 2. The van der Waals surface area contributed by atoms with Crippen LogP contribution < -0.4 is 5.32 Å². The van der Waals surface area contributed by atoms with Crippen molar-refractivity contribution in [2.45, 2.75) is 6.92 Å². The van der Waals surface area contributed by atoms with E-state index in [-0.39, 0.29) is 6.03 Å². The van der Waals surface area contributed by atoms with Crippen molar-refractivity contribution in [2.75, 3.05) is 5.32 Å². The maximum absolute atomic E-state index is 12.2. The van der Waals surface area contributed by atoms with E-state index in [4.69, 9.17) is 11.6 Å². The van der Waals surface area contributed by atoms with E-state index in [9.17, 15) is 4.79 Å². The zero-order valence-corrected chi connectivity index (χ0v) is 12.8. The Balaban J connectivity index is 1.82. The average Bonchev–Trinajstić information content (AvgIpc) is 3.10. The molecule has 3 rings (SSSR count). The molecule has 2 heterocycles. The van der Waals surface area contributed by atoms with Gasteiger partial charge in [-0.3, -0.25) is 0 Å². The molecule has 0 aliphatic rings. The van der Waals surface area contributed by atoms with Crippen molar-refractivity contribution in [3.8, 4) is 10.6 Å². The first-order valence-electron chi connectivity index (χ1n) is 6.30. The summed E-state index contributed by atoms with van der Waals surface area (Å²) in [6.45, 7) is 1.94. The highest BCUT2D eigenvalue weighted by Crippen LogP contribution is 2.26. The van der Waals surface area contributed by atoms with E-state index in [0.29, 0.717) is 10.7 Å². The maximum atomic E-state index is 12.2. The Morgan fingerprint density at radius 3 is 2.71 bits per heavy atom. The van der Waals surface area contributed by atoms with Crippen molar-refractivity contribution < 1.29 is 4.79 Å². The molecule has 0 aliphatic carbocycles. The number of rotatable bonds is 2. The predicted molar refractivity (Wildman–Crippen MR) is 86.1 cm³/mol. The molecule has 0 spiro atoms. The van der Waals surface area contributed by atoms with Crippen molar-refractivity contribution in [1.29, 1.82) is 0 Å². The number of halogens is 1. The molecule has 0 saturated carbocycles. The first kappa shape index (κ1) is 13.9. The van der Waals surface area contributed by atoms with Crippen LogP contribution in [0.2, 0.25) is 5.02 Å². The zero-order chi connectivity index (χ0) is 14.8. The summed E-state index contributed by atoms with van der Waals surface area (Å²) in [6, 6.07) is 10.6. The molecule has 106 valence electrons. The third-order valence-electron chi connectivity index (χ3n) is 2.96. The van der Waals surface area contributed by atoms with Gasteiger partial charge in [-0.25, -0.2) is 4.79 Å². The molecule has 6 heteroatoms. The lowest BCUT2D eigenvalue weighted by atomic mass is 10.2. The van der Waals surface area contributed by atoms with Crippen molar-refractivity contribution in [3.63, 3.8) is 0 Å². The monoisotopic (exact) mass is 317 g/mol. The zero-order valence-electron chi connectivity index (χ0n) is 11.2. The summed E-state index contributed by atoms with van der Waals surface area (Å²) < 4.78 is 1.32. The summed E-state index contributed by atoms with van der Waals surface area (Å²) in [5, 5.41) is 9.75. The van der Waals surface area contributed by atoms with E-state index in [2.05, 4.69) is 10.4 Å². The summed E-state index contributed by atoms with van der Waals surface area (Å²) in [5.74, 6) is 0. The van der Waals surface area contributed by atoms with Crippen molar-refractivity contribution in [2.24, 2.45) is 0 Å². The third kappa shape index (κ3) is 2.99. The fourth-order valence-electron chi connectivity index (χ4n) is 1.93. The van der Waals surface area contributed by atoms with Gasteiger partial charge in [0.1, 0.15) is 5.69 Å². The lowest BCUT2D eigenvalue weighted by Crippen LogP contribution is -2.19. The number of carbonyl (C=O) groups excluding carboxylic acids is 1. The number of anilines is 1. The van der Waals surface area contributed by atoms with Gasteiger partial charge in [-0.15, -0.1) is 11.3 Å². The van der Waals surface area contributed by atoms with E-state index in [1.54, 1.807) is 41.8 Å². The Kier molecular flexibility index (Phi) is 3.77. The first-order chi connectivity index (χ1) is 10.1. The minimum Gasteiger partial charge on any atom is -0.306 e. The molecule has 1 N–H and O–H groups in total. The van der Waals surface area contributed by atoms with Gasteiger partial charge in [0.05, 0.1) is 4.88 Å². The highest BCUT2D eigenvalue weighted by molar-refractivity contribution is 7.13. The second kappa shape index (κ2) is 5.71. The number of thiophene rings is 1. The highest BCUT2D eigenvalue weighted by Gasteiger charge is 2.13. The molecule has 0 atom stereocenters. The standard InChI is InChI=1S/C15H12ClN3OS/c1-10-9-19(18-14(10)13-3-2-8-21-13)15(20)17-12-6-4-11(16)5-7-12/h2-9H,1H3,(H,17,20). The second-order valence-corrected chi connectivity index (χ2v) is 5.90. The van der Waals surface area contributed by atoms with Gasteiger partial charge >= 0.3 is 6.03 Å². The molecule has 0 unspecified atom stereocenters. The van der Waals surface area contributed by atoms with E-state index in [0.717, 1.165) is 16.1 Å². The molecule has 0 fully saturated rings. The number of hydrogen-bond donors (Lipinski definition) is 1. The minimum absolute atomic E-state index is 0.303. The van der Waals surface area contributed by atoms with Crippen molar-refractivity contribution in [1.82, 2.24) is 9.78 Å². The van der Waals surface area contributed by atoms with Gasteiger partial charge < -0.3 is 5.32 Å². The Labute approximate surface area is 131 Å². The van der Waals surface area contributed by atoms with Gasteiger partial charge in [-0.2, -0.15) is 9.78 Å². The van der Waals surface area contributed by atoms with Crippen LogP contribution in [0, 0.1) is 6.92 Å². The lowest BCUT2D eigenvalue weighted by Gasteiger charge is -2.04. The second-order valence-electron chi connectivity index (χ2n) is 4.52. The van der Waals surface area contributed by atoms with E-state index >= 15 is 0 Å². The molecule has 21 heavy (non-hydrogen) atoms. The van der Waals surface area contributed by atoms with Crippen LogP contribution >= 0.6 is 22.9 Å². The van der Waals surface area contributed by atoms with Crippen LogP contribution in [0.15, 0.2) is 48.0 Å². The molecule has 0 saturated heterocycles. The van der Waals surface area contributed by atoms with Gasteiger partial charge in [-0.05, 0) is 48.2 Å². The van der Waals surface area contributed by atoms with Crippen LogP contribution in [0.5, 0.6) is 0 Å². The fraction of sp³-hybridized carbons (Fsp3) is 0.0667. The molecule has 4 nitrogen and oxygen atoms in total. The predicted octanol–water partition coefficient (Wildman–Crippen LogP) is 4.65. The lowest BCUT2D eigenvalue weighted by molar-refractivity contribution is 0.251. The summed E-state index contributed by atoms with van der Waals surface area (Å²) >= 11 is 7.42. The molecule has 1 aromatic carbocycles. The van der Waals surface area contributed by atoms with Crippen LogP contribution in [0.1, 0.15) is 5.56 Å². The third-order valence-corrected chi connectivity index (χ3v) is 4.08. The smallest absolute Gasteiger partial charge is 0.306 e. The quantitative estimate of drug-likeness (QED) is 0.747. The van der Waals surface area contributed by atoms with E-state index < -0.39 is 0 Å². The number of carbonyl (C=O) groups is 1. The largest absolute Gasteiger partial charge is 0.346 e. The maximum Gasteiger partial charge on any atom is 0.346 e. The Morgan fingerprint density at radius 2 is 2.05 bits per heavy atom. The Morgan fingerprint density at radius 1 is 1.29 bits per heavy atom. The molecule has 0 bridgehead atoms. The van der Waals surface area contributed by atoms with E-state index in [1.807, 2.05) is 24.4 Å². The fourth-order valence-corrected chi connectivity index (χ4v) is 2.84. The molecule has 0 aliphatic heterocycles. The number of nitrogens with one attached hydrogen (secondary N) is 1. The van der Waals surface area contributed by atoms with Gasteiger partial charge in [-0.1, -0.05) is 17.7 Å². The summed E-state index contributed by atoms with van der Waals surface area (Å²) in [5.41, 5.74) is 2.47. The number of aromatic nitrogens is 2. The Bertz CT molecular complexity index is 763. The van der Waals surface area contributed by atoms with E-state index in [1.165, 1.54) is 4.68 Å². The van der Waals surface area contributed by atoms with Crippen LogP contribution in [-0.2, 0) is 0 Å². The molecular formula is C15H12ClN3OS. The molecule has 0 radical (unpaired) electrons. The highest BCUT2D eigenvalue weighted by atomic mass is 35.5. The van der Waals surface area contributed by atoms with Crippen molar-refractivity contribution >= 4 is 34.7 Å². The molecular weight excluding hydrogens is 306 g/mol. The van der Waals surface area contributed by atoms with Crippen LogP contribution in [0.25, 0.3) is 10.6 Å². The van der Waals surface area contributed by atoms with Gasteiger partial charge in [0.15, 0.2) is 0 Å². The first-order valence-corrected chi connectivity index (χ1v) is 7.56. The van der Waals surface area contributed by atoms with Crippen LogP contribution in [0.3, 0.4) is 0 Å². The van der Waals surface area contributed by atoms with Gasteiger partial charge in [0.2, 0.25) is 0 Å². The molecule has 2 aromatic heterocycles. The van der Waals surface area contributed by atoms with Crippen LogP contribution in [-0.4, -0.2) is 15.8 Å². The number of benzene rings is 1. The molecule has 3 aromatic rings. The SMILES string of the molecule is Cc1cn(C(=O)Nc2ccc(Cl)cc2)nc1-c1cccs1. The van der Waals surface area contributed by atoms with Gasteiger partial charge in [0, 0.05) is 16.9 Å². The number of hydrogen-bond acceptors (Lipinski definition) is 3. The molecule has 1 amide bonds. The summed E-state index contributed by atoms with van der Waals surface area (Å²) in [4.78, 5) is 13.2. The summed E-state index contributed by atoms with van der Waals surface area (Å²) in [7, 11) is 0. The van der Waals surface area contributed by atoms with Crippen LogP contribution in [0.4, 0.5) is 10.5 Å². The minimum atomic E-state index is -0.303. The normalized spacial score (nSPS) is 10.6. The summed E-state index contributed by atoms with van der Waals surface area (Å²) in [6.07, 6.45) is 1.72. The average molecular weight is 318 g/mol. The number of amides is 1. The van der Waals surface area contributed by atoms with Gasteiger partial charge in [0.25, 0.3) is 0 Å². The van der Waals surface area contributed by atoms with Crippen molar-refractivity contribution in [3.05, 3.63) is 58.6 Å². The topological polar surface area (TPSA) is 46.9 Å². The Hall–Kier alpha value is -2.11. The number of aryl methyl sites for hydroxylation is 1.